The third-order valence-electron chi connectivity index (χ3n) is 3.32. The maximum absolute atomic E-state index is 11.9. The molecule has 0 fully saturated rings. The zero-order valence-electron chi connectivity index (χ0n) is 12.1. The van der Waals surface area contributed by atoms with Gasteiger partial charge in [0.15, 0.2) is 0 Å². The van der Waals surface area contributed by atoms with Crippen LogP contribution in [0.3, 0.4) is 0 Å². The second-order valence-electron chi connectivity index (χ2n) is 4.89. The molecule has 0 aliphatic rings. The van der Waals surface area contributed by atoms with Crippen LogP contribution >= 0.6 is 0 Å². The highest BCUT2D eigenvalue weighted by atomic mass is 32.2. The summed E-state index contributed by atoms with van der Waals surface area (Å²) < 4.78 is 26.5. The molecule has 0 saturated carbocycles. The number of nitrogens with zero attached hydrogens (tertiary/aromatic N) is 3. The molecule has 2 aromatic rings. The number of rotatable bonds is 5. The molecule has 21 heavy (non-hydrogen) atoms. The third kappa shape index (κ3) is 2.91. The largest absolute Gasteiger partial charge is 0.478 e. The number of aromatic carboxylic acids is 1. The van der Waals surface area contributed by atoms with E-state index in [0.29, 0.717) is 16.9 Å². The summed E-state index contributed by atoms with van der Waals surface area (Å²) in [6.07, 6.45) is 0. The normalized spacial score (nSPS) is 12.2. The number of imidazole rings is 1. The van der Waals surface area contributed by atoms with Crippen LogP contribution in [0.15, 0.2) is 18.2 Å². The fraction of sp³-hybridized carbons (Fsp3) is 0.385. The predicted molar refractivity (Wildman–Crippen MR) is 78.9 cm³/mol. The lowest BCUT2D eigenvalue weighted by Gasteiger charge is -2.13. The molecule has 7 nitrogen and oxygen atoms in total. The first-order valence-corrected chi connectivity index (χ1v) is 7.94. The highest BCUT2D eigenvalue weighted by Gasteiger charge is 2.19. The summed E-state index contributed by atoms with van der Waals surface area (Å²) in [5, 5.41) is 9.27. The molecule has 0 atom stereocenters. The fourth-order valence-electron chi connectivity index (χ4n) is 2.14. The zero-order valence-corrected chi connectivity index (χ0v) is 12.9. The number of hydrogen-bond donors (Lipinski definition) is 1. The molecule has 1 aromatic carbocycles. The highest BCUT2D eigenvalue weighted by Crippen LogP contribution is 2.20. The van der Waals surface area contributed by atoms with E-state index in [-0.39, 0.29) is 17.9 Å². The van der Waals surface area contributed by atoms with Gasteiger partial charge in [0.2, 0.25) is 10.0 Å². The number of aromatic nitrogens is 2. The van der Waals surface area contributed by atoms with Crippen LogP contribution in [0.5, 0.6) is 0 Å². The molecule has 0 aliphatic carbocycles. The second-order valence-corrected chi connectivity index (χ2v) is 7.19. The molecule has 0 saturated heterocycles. The molecule has 0 amide bonds. The van der Waals surface area contributed by atoms with E-state index in [9.17, 15) is 18.3 Å². The van der Waals surface area contributed by atoms with Gasteiger partial charge >= 0.3 is 5.97 Å². The Kier molecular flexibility index (Phi) is 4.02. The van der Waals surface area contributed by atoms with E-state index in [0.717, 1.165) is 4.31 Å². The molecule has 1 aromatic heterocycles. The summed E-state index contributed by atoms with van der Waals surface area (Å²) in [5.41, 5.74) is 1.13. The Labute approximate surface area is 122 Å². The van der Waals surface area contributed by atoms with Crippen LogP contribution in [0.4, 0.5) is 0 Å². The number of fused-ring (bicyclic) bond motifs is 1. The van der Waals surface area contributed by atoms with Crippen molar-refractivity contribution in [2.45, 2.75) is 13.5 Å². The Hall–Kier alpha value is -1.93. The Morgan fingerprint density at radius 1 is 1.38 bits per heavy atom. The highest BCUT2D eigenvalue weighted by molar-refractivity contribution is 7.89. The number of hydrogen-bond acceptors (Lipinski definition) is 4. The van der Waals surface area contributed by atoms with Gasteiger partial charge in [-0.15, -0.1) is 0 Å². The first kappa shape index (κ1) is 15.5. The van der Waals surface area contributed by atoms with Crippen LogP contribution in [-0.2, 0) is 16.6 Å². The molecular weight excluding hydrogens is 294 g/mol. The molecule has 0 bridgehead atoms. The van der Waals surface area contributed by atoms with Crippen LogP contribution in [-0.4, -0.2) is 53.2 Å². The summed E-state index contributed by atoms with van der Waals surface area (Å²) in [7, 11) is -0.417. The summed E-state index contributed by atoms with van der Waals surface area (Å²) >= 11 is 0. The van der Waals surface area contributed by atoms with Gasteiger partial charge in [-0.3, -0.25) is 0 Å². The minimum absolute atomic E-state index is 0.111. The summed E-state index contributed by atoms with van der Waals surface area (Å²) in [6, 6.07) is 4.83. The Balaban J connectivity index is 2.49. The van der Waals surface area contributed by atoms with Crippen molar-refractivity contribution in [2.24, 2.45) is 0 Å². The number of para-hydroxylation sites is 1. The third-order valence-corrected chi connectivity index (χ3v) is 5.13. The summed E-state index contributed by atoms with van der Waals surface area (Å²) in [4.78, 5) is 15.6. The lowest BCUT2D eigenvalue weighted by atomic mass is 10.2. The molecule has 1 heterocycles. The lowest BCUT2D eigenvalue weighted by molar-refractivity contribution is 0.0698. The zero-order chi connectivity index (χ0) is 15.8. The maximum atomic E-state index is 11.9. The van der Waals surface area contributed by atoms with Crippen LogP contribution in [0, 0.1) is 6.92 Å². The van der Waals surface area contributed by atoms with E-state index in [4.69, 9.17) is 0 Å². The van der Waals surface area contributed by atoms with E-state index >= 15 is 0 Å². The molecule has 2 rings (SSSR count). The van der Waals surface area contributed by atoms with Crippen molar-refractivity contribution in [2.75, 3.05) is 19.8 Å². The number of aryl methyl sites for hydroxylation is 2. The van der Waals surface area contributed by atoms with Crippen molar-refractivity contribution in [3.63, 3.8) is 0 Å². The number of carbonyl (C=O) groups is 1. The Bertz CT molecular complexity index is 793. The minimum atomic E-state index is -3.36. The van der Waals surface area contributed by atoms with Crippen molar-refractivity contribution in [3.8, 4) is 0 Å². The molecule has 1 N–H and O–H groups in total. The number of benzene rings is 1. The average Bonchev–Trinajstić information content (AvgIpc) is 2.71. The number of carboxylic acid groups (broad SMARTS) is 1. The quantitative estimate of drug-likeness (QED) is 0.887. The van der Waals surface area contributed by atoms with Crippen LogP contribution in [0.1, 0.15) is 16.2 Å². The van der Waals surface area contributed by atoms with Gasteiger partial charge in [-0.2, -0.15) is 0 Å². The molecule has 8 heteroatoms. The Morgan fingerprint density at radius 2 is 2.05 bits per heavy atom. The monoisotopic (exact) mass is 311 g/mol. The van der Waals surface area contributed by atoms with Crippen LogP contribution in [0.25, 0.3) is 11.0 Å². The predicted octanol–water partition coefficient (Wildman–Crippen LogP) is 0.934. The lowest BCUT2D eigenvalue weighted by Crippen LogP contribution is -2.27. The van der Waals surface area contributed by atoms with E-state index in [2.05, 4.69) is 4.98 Å². The van der Waals surface area contributed by atoms with Crippen LogP contribution < -0.4 is 0 Å². The SMILES string of the molecule is Cc1nc2cccc(C(=O)O)c2n1CCS(=O)(=O)N(C)C. The summed E-state index contributed by atoms with van der Waals surface area (Å²) in [5.74, 6) is -0.579. The van der Waals surface area contributed by atoms with Gasteiger partial charge in [0.1, 0.15) is 5.82 Å². The van der Waals surface area contributed by atoms with Crippen molar-refractivity contribution in [1.82, 2.24) is 13.9 Å². The van der Waals surface area contributed by atoms with Gasteiger partial charge in [0, 0.05) is 20.6 Å². The van der Waals surface area contributed by atoms with Crippen molar-refractivity contribution < 1.29 is 18.3 Å². The molecule has 0 aliphatic heterocycles. The van der Waals surface area contributed by atoms with E-state index in [1.165, 1.54) is 20.2 Å². The molecule has 114 valence electrons. The first-order valence-electron chi connectivity index (χ1n) is 6.33. The maximum Gasteiger partial charge on any atom is 0.337 e. The van der Waals surface area contributed by atoms with Gasteiger partial charge in [0.25, 0.3) is 0 Å². The van der Waals surface area contributed by atoms with E-state index in [1.54, 1.807) is 23.6 Å². The Morgan fingerprint density at radius 3 is 2.62 bits per heavy atom. The van der Waals surface area contributed by atoms with E-state index in [1.807, 2.05) is 0 Å². The van der Waals surface area contributed by atoms with Gasteiger partial charge in [0.05, 0.1) is 22.3 Å². The van der Waals surface area contributed by atoms with Crippen molar-refractivity contribution in [1.29, 1.82) is 0 Å². The van der Waals surface area contributed by atoms with Crippen molar-refractivity contribution >= 4 is 27.0 Å². The van der Waals surface area contributed by atoms with Crippen molar-refractivity contribution in [3.05, 3.63) is 29.6 Å². The van der Waals surface area contributed by atoms with Gasteiger partial charge in [-0.1, -0.05) is 6.07 Å². The smallest absolute Gasteiger partial charge is 0.337 e. The van der Waals surface area contributed by atoms with Crippen LogP contribution in [0.2, 0.25) is 0 Å². The molecule has 0 radical (unpaired) electrons. The number of sulfonamides is 1. The summed E-state index contributed by atoms with van der Waals surface area (Å²) in [6.45, 7) is 1.89. The first-order chi connectivity index (χ1) is 9.74. The average molecular weight is 311 g/mol. The topological polar surface area (TPSA) is 92.5 Å². The second kappa shape index (κ2) is 5.45. The fourth-order valence-corrected chi connectivity index (χ4v) is 2.92. The minimum Gasteiger partial charge on any atom is -0.478 e. The molecular formula is C13H17N3O4S. The number of carboxylic acids is 1. The molecule has 0 spiro atoms. The van der Waals surface area contributed by atoms with E-state index < -0.39 is 16.0 Å². The standard InChI is InChI=1S/C13H17N3O4S/c1-9-14-11-6-4-5-10(13(17)18)12(11)16(9)7-8-21(19,20)15(2)3/h4-6H,7-8H2,1-3H3,(H,17,18). The van der Waals surface area contributed by atoms with Gasteiger partial charge in [-0.25, -0.2) is 22.5 Å². The van der Waals surface area contributed by atoms with Gasteiger partial charge in [-0.05, 0) is 19.1 Å². The van der Waals surface area contributed by atoms with Gasteiger partial charge < -0.3 is 9.67 Å². The molecule has 0 unspecified atom stereocenters.